The molecule has 1 heterocycles. The van der Waals surface area contributed by atoms with E-state index in [1.165, 1.54) is 31.5 Å². The van der Waals surface area contributed by atoms with E-state index in [2.05, 4.69) is 4.98 Å². The third-order valence-electron chi connectivity index (χ3n) is 3.17. The molecule has 0 spiro atoms. The monoisotopic (exact) mass is 356 g/mol. The molecule has 1 aromatic carbocycles. The van der Waals surface area contributed by atoms with E-state index in [1.807, 2.05) is 0 Å². The van der Waals surface area contributed by atoms with E-state index < -0.39 is 46.9 Å². The molecule has 5 nitrogen and oxygen atoms in total. The van der Waals surface area contributed by atoms with Gasteiger partial charge in [0.25, 0.3) is 5.91 Å². The molecule has 2 rings (SSSR count). The topological polar surface area (TPSA) is 68.3 Å². The Balaban J connectivity index is 2.17. The number of nitrogens with zero attached hydrogens (tertiary/aromatic N) is 1. The summed E-state index contributed by atoms with van der Waals surface area (Å²) < 4.78 is 58.4. The number of ether oxygens (including phenoxy) is 1. The third-order valence-corrected chi connectivity index (χ3v) is 3.17. The summed E-state index contributed by atoms with van der Waals surface area (Å²) in [5, 5.41) is 1.71. The van der Waals surface area contributed by atoms with Crippen molar-refractivity contribution in [3.05, 3.63) is 59.4 Å². The largest absolute Gasteiger partial charge is 0.449 e. The van der Waals surface area contributed by atoms with Crippen LogP contribution in [0.3, 0.4) is 0 Å². The van der Waals surface area contributed by atoms with Crippen LogP contribution in [-0.4, -0.2) is 23.0 Å². The third kappa shape index (κ3) is 4.11. The number of esters is 1. The molecule has 9 heteroatoms. The number of benzene rings is 1. The molecule has 132 valence electrons. The molecule has 1 atom stereocenters. The molecule has 2 aromatic rings. The molecule has 0 aliphatic heterocycles. The summed E-state index contributed by atoms with van der Waals surface area (Å²) in [7, 11) is 0. The standard InChI is InChI=1S/C16H12F4N2O3/c1-2-11(25-16(24)8-4-3-5-21-7-8)15(23)22-14-12(19)9(17)6-10(18)13(14)20/h3-7,11H,2H2,1H3,(H,22,23). The first-order chi connectivity index (χ1) is 11.8. The molecule has 25 heavy (non-hydrogen) atoms. The van der Waals surface area contributed by atoms with Crippen molar-refractivity contribution in [3.63, 3.8) is 0 Å². The number of hydrogen-bond donors (Lipinski definition) is 1. The first kappa shape index (κ1) is 18.4. The second kappa shape index (κ2) is 7.73. The Morgan fingerprint density at radius 3 is 2.36 bits per heavy atom. The fraction of sp³-hybridized carbons (Fsp3) is 0.188. The lowest BCUT2D eigenvalue weighted by Gasteiger charge is -2.17. The molecule has 0 radical (unpaired) electrons. The van der Waals surface area contributed by atoms with Crippen LogP contribution in [0.15, 0.2) is 30.6 Å². The van der Waals surface area contributed by atoms with Crippen LogP contribution in [0.2, 0.25) is 0 Å². The van der Waals surface area contributed by atoms with Gasteiger partial charge in [0.05, 0.1) is 5.56 Å². The Kier molecular flexibility index (Phi) is 5.68. The molecule has 0 bridgehead atoms. The van der Waals surface area contributed by atoms with Crippen LogP contribution in [0, 0.1) is 23.3 Å². The number of halogens is 4. The molecule has 1 amide bonds. The SMILES string of the molecule is CCC(OC(=O)c1cccnc1)C(=O)Nc1c(F)c(F)cc(F)c1F. The van der Waals surface area contributed by atoms with Gasteiger partial charge in [-0.05, 0) is 18.6 Å². The van der Waals surface area contributed by atoms with Crippen LogP contribution in [0.25, 0.3) is 0 Å². The van der Waals surface area contributed by atoms with Gasteiger partial charge in [-0.1, -0.05) is 6.92 Å². The maximum atomic E-state index is 13.6. The summed E-state index contributed by atoms with van der Waals surface area (Å²) in [4.78, 5) is 27.7. The number of aromatic nitrogens is 1. The van der Waals surface area contributed by atoms with Gasteiger partial charge in [-0.3, -0.25) is 9.78 Å². The number of hydrogen-bond acceptors (Lipinski definition) is 4. The number of pyridine rings is 1. The fourth-order valence-electron chi connectivity index (χ4n) is 1.89. The number of nitrogens with one attached hydrogen (secondary N) is 1. The minimum absolute atomic E-state index is 0.0139. The maximum Gasteiger partial charge on any atom is 0.340 e. The number of carbonyl (C=O) groups is 2. The van der Waals surface area contributed by atoms with Crippen LogP contribution in [0.4, 0.5) is 23.2 Å². The second-order valence-electron chi connectivity index (χ2n) is 4.88. The average Bonchev–Trinajstić information content (AvgIpc) is 2.61. The number of anilines is 1. The molecule has 0 aliphatic carbocycles. The molecule has 1 unspecified atom stereocenters. The van der Waals surface area contributed by atoms with Crippen molar-refractivity contribution in [1.82, 2.24) is 4.98 Å². The summed E-state index contributed by atoms with van der Waals surface area (Å²) in [5.74, 6) is -8.89. The van der Waals surface area contributed by atoms with Crippen molar-refractivity contribution in [2.45, 2.75) is 19.4 Å². The van der Waals surface area contributed by atoms with Gasteiger partial charge in [0.1, 0.15) is 5.69 Å². The van der Waals surface area contributed by atoms with E-state index in [9.17, 15) is 27.2 Å². The summed E-state index contributed by atoms with van der Waals surface area (Å²) in [6.07, 6.45) is 1.15. The zero-order valence-electron chi connectivity index (χ0n) is 12.9. The van der Waals surface area contributed by atoms with Gasteiger partial charge in [-0.15, -0.1) is 0 Å². The van der Waals surface area contributed by atoms with Crippen molar-refractivity contribution in [1.29, 1.82) is 0 Å². The molecular weight excluding hydrogens is 344 g/mol. The lowest BCUT2D eigenvalue weighted by Crippen LogP contribution is -2.33. The van der Waals surface area contributed by atoms with Crippen molar-refractivity contribution in [3.8, 4) is 0 Å². The number of carbonyl (C=O) groups excluding carboxylic acids is 2. The average molecular weight is 356 g/mol. The first-order valence-electron chi connectivity index (χ1n) is 7.10. The highest BCUT2D eigenvalue weighted by Crippen LogP contribution is 2.24. The molecule has 1 aromatic heterocycles. The van der Waals surface area contributed by atoms with Crippen LogP contribution in [0.1, 0.15) is 23.7 Å². The Morgan fingerprint density at radius 1 is 1.20 bits per heavy atom. The highest BCUT2D eigenvalue weighted by molar-refractivity contribution is 5.97. The van der Waals surface area contributed by atoms with Gasteiger partial charge < -0.3 is 10.1 Å². The normalized spacial score (nSPS) is 11.7. The molecule has 0 aliphatic rings. The Labute approximate surface area is 139 Å². The smallest absolute Gasteiger partial charge is 0.340 e. The van der Waals surface area contributed by atoms with Crippen molar-refractivity contribution in [2.24, 2.45) is 0 Å². The van der Waals surface area contributed by atoms with Gasteiger partial charge in [-0.25, -0.2) is 22.4 Å². The maximum absolute atomic E-state index is 13.6. The van der Waals surface area contributed by atoms with Crippen molar-refractivity contribution in [2.75, 3.05) is 5.32 Å². The van der Waals surface area contributed by atoms with Crippen LogP contribution >= 0.6 is 0 Å². The second-order valence-corrected chi connectivity index (χ2v) is 4.88. The number of rotatable bonds is 5. The lowest BCUT2D eigenvalue weighted by molar-refractivity contribution is -0.124. The van der Waals surface area contributed by atoms with Gasteiger partial charge in [0, 0.05) is 18.5 Å². The van der Waals surface area contributed by atoms with Crippen molar-refractivity contribution >= 4 is 17.6 Å². The van der Waals surface area contributed by atoms with E-state index in [0.717, 1.165) is 0 Å². The predicted molar refractivity (Wildman–Crippen MR) is 78.6 cm³/mol. The van der Waals surface area contributed by atoms with E-state index >= 15 is 0 Å². The fourth-order valence-corrected chi connectivity index (χ4v) is 1.89. The predicted octanol–water partition coefficient (Wildman–Crippen LogP) is 3.21. The summed E-state index contributed by atoms with van der Waals surface area (Å²) >= 11 is 0. The summed E-state index contributed by atoms with van der Waals surface area (Å²) in [5.41, 5.74) is -1.23. The lowest BCUT2D eigenvalue weighted by atomic mass is 10.2. The van der Waals surface area contributed by atoms with Gasteiger partial charge in [0.15, 0.2) is 29.4 Å². The first-order valence-corrected chi connectivity index (χ1v) is 7.10. The molecule has 0 fully saturated rings. The van der Waals surface area contributed by atoms with Crippen LogP contribution in [-0.2, 0) is 9.53 Å². The molecule has 1 N–H and O–H groups in total. The molecular formula is C16H12F4N2O3. The molecule has 0 saturated carbocycles. The molecule has 0 saturated heterocycles. The van der Waals surface area contributed by atoms with E-state index in [0.29, 0.717) is 0 Å². The minimum atomic E-state index is -1.76. The minimum Gasteiger partial charge on any atom is -0.449 e. The Hall–Kier alpha value is -2.97. The Morgan fingerprint density at radius 2 is 1.84 bits per heavy atom. The highest BCUT2D eigenvalue weighted by atomic mass is 19.2. The number of amides is 1. The quantitative estimate of drug-likeness (QED) is 0.507. The zero-order valence-corrected chi connectivity index (χ0v) is 12.9. The van der Waals surface area contributed by atoms with E-state index in [1.54, 1.807) is 5.32 Å². The zero-order chi connectivity index (χ0) is 18.6. The van der Waals surface area contributed by atoms with Crippen molar-refractivity contribution < 1.29 is 31.9 Å². The summed E-state index contributed by atoms with van der Waals surface area (Å²) in [6, 6.07) is 2.87. The Bertz CT molecular complexity index is 773. The van der Waals surface area contributed by atoms with Crippen LogP contribution < -0.4 is 5.32 Å². The highest BCUT2D eigenvalue weighted by Gasteiger charge is 2.26. The van der Waals surface area contributed by atoms with Crippen LogP contribution in [0.5, 0.6) is 0 Å². The van der Waals surface area contributed by atoms with E-state index in [4.69, 9.17) is 4.74 Å². The van der Waals surface area contributed by atoms with Gasteiger partial charge in [-0.2, -0.15) is 0 Å². The van der Waals surface area contributed by atoms with Gasteiger partial charge >= 0.3 is 5.97 Å². The van der Waals surface area contributed by atoms with E-state index in [-0.39, 0.29) is 18.1 Å². The summed E-state index contributed by atoms with van der Waals surface area (Å²) in [6.45, 7) is 1.47. The van der Waals surface area contributed by atoms with Gasteiger partial charge in [0.2, 0.25) is 0 Å².